The summed E-state index contributed by atoms with van der Waals surface area (Å²) < 4.78 is 4.97. The van der Waals surface area contributed by atoms with Crippen LogP contribution in [0, 0.1) is 0 Å². The Hall–Kier alpha value is -1.46. The summed E-state index contributed by atoms with van der Waals surface area (Å²) in [5, 5.41) is 2.93. The normalized spacial score (nSPS) is 11.9. The predicted molar refractivity (Wildman–Crippen MR) is 80.1 cm³/mol. The number of amides is 1. The van der Waals surface area contributed by atoms with Crippen molar-refractivity contribution in [2.24, 2.45) is 5.73 Å². The van der Waals surface area contributed by atoms with Gasteiger partial charge in [0.15, 0.2) is 0 Å². The number of ether oxygens (including phenoxy) is 1. The minimum Gasteiger partial charge on any atom is -0.389 e. The lowest BCUT2D eigenvalue weighted by molar-refractivity contribution is -0.121. The summed E-state index contributed by atoms with van der Waals surface area (Å²) in [5.41, 5.74) is 7.27. The van der Waals surface area contributed by atoms with Crippen LogP contribution in [0.2, 0.25) is 0 Å². The highest BCUT2D eigenvalue weighted by atomic mass is 32.1. The summed E-state index contributed by atoms with van der Waals surface area (Å²) in [4.78, 5) is 12.2. The molecule has 5 heteroatoms. The first kappa shape index (κ1) is 15.6. The van der Waals surface area contributed by atoms with Gasteiger partial charge in [0.1, 0.15) is 4.99 Å². The molecule has 0 spiro atoms. The maximum atomic E-state index is 11.8. The molecule has 3 N–H and O–H groups in total. The van der Waals surface area contributed by atoms with E-state index in [9.17, 15) is 4.79 Å². The minimum absolute atomic E-state index is 0.00618. The molecule has 1 rings (SSSR count). The van der Waals surface area contributed by atoms with Gasteiger partial charge in [-0.25, -0.2) is 0 Å². The van der Waals surface area contributed by atoms with Crippen LogP contribution < -0.4 is 11.1 Å². The van der Waals surface area contributed by atoms with Crippen LogP contribution in [0.1, 0.15) is 24.5 Å². The molecule has 104 valence electrons. The topological polar surface area (TPSA) is 64.3 Å². The Morgan fingerprint density at radius 2 is 2.05 bits per heavy atom. The minimum atomic E-state index is 0.00618. The zero-order chi connectivity index (χ0) is 14.3. The first-order chi connectivity index (χ1) is 9.02. The van der Waals surface area contributed by atoms with E-state index in [1.807, 2.05) is 31.2 Å². The van der Waals surface area contributed by atoms with E-state index in [-0.39, 0.29) is 11.9 Å². The van der Waals surface area contributed by atoms with Crippen molar-refractivity contribution in [3.05, 3.63) is 35.4 Å². The van der Waals surface area contributed by atoms with E-state index < -0.39 is 0 Å². The lowest BCUT2D eigenvalue weighted by Gasteiger charge is -2.13. The number of hydrogen-bond acceptors (Lipinski definition) is 3. The second kappa shape index (κ2) is 7.86. The first-order valence-electron chi connectivity index (χ1n) is 6.20. The van der Waals surface area contributed by atoms with Gasteiger partial charge in [-0.3, -0.25) is 4.79 Å². The zero-order valence-corrected chi connectivity index (χ0v) is 12.1. The second-order valence-corrected chi connectivity index (χ2v) is 4.93. The summed E-state index contributed by atoms with van der Waals surface area (Å²) in [6, 6.07) is 7.52. The monoisotopic (exact) mass is 280 g/mol. The molecule has 19 heavy (non-hydrogen) atoms. The van der Waals surface area contributed by atoms with E-state index >= 15 is 0 Å². The van der Waals surface area contributed by atoms with Gasteiger partial charge in [0.2, 0.25) is 5.91 Å². The summed E-state index contributed by atoms with van der Waals surface area (Å²) in [5.74, 6) is 0.00618. The number of nitrogens with one attached hydrogen (secondary N) is 1. The molecule has 0 heterocycles. The van der Waals surface area contributed by atoms with E-state index in [4.69, 9.17) is 22.7 Å². The number of benzene rings is 1. The van der Waals surface area contributed by atoms with Gasteiger partial charge < -0.3 is 15.8 Å². The number of thiocarbonyl (C=S) groups is 1. The highest BCUT2D eigenvalue weighted by Crippen LogP contribution is 2.05. The molecule has 0 saturated heterocycles. The summed E-state index contributed by atoms with van der Waals surface area (Å²) >= 11 is 4.88. The third kappa shape index (κ3) is 5.81. The van der Waals surface area contributed by atoms with Crippen molar-refractivity contribution >= 4 is 23.1 Å². The predicted octanol–water partition coefficient (Wildman–Crippen LogP) is 1.40. The van der Waals surface area contributed by atoms with Crippen LogP contribution in [0.5, 0.6) is 0 Å². The van der Waals surface area contributed by atoms with Gasteiger partial charge in [-0.15, -0.1) is 0 Å². The van der Waals surface area contributed by atoms with Crippen LogP contribution in [0.15, 0.2) is 24.3 Å². The van der Waals surface area contributed by atoms with E-state index in [1.165, 1.54) is 0 Å². The Kier molecular flexibility index (Phi) is 6.45. The first-order valence-corrected chi connectivity index (χ1v) is 6.60. The Morgan fingerprint density at radius 3 is 2.58 bits per heavy atom. The molecule has 4 nitrogen and oxygen atoms in total. The molecule has 1 amide bonds. The average molecular weight is 280 g/mol. The Balaban J connectivity index is 2.45. The molecule has 1 atom stereocenters. The van der Waals surface area contributed by atoms with Crippen molar-refractivity contribution in [2.75, 3.05) is 13.7 Å². The fraction of sp³-hybridized carbons (Fsp3) is 0.429. The maximum Gasteiger partial charge on any atom is 0.224 e. The number of carbonyl (C=O) groups is 1. The van der Waals surface area contributed by atoms with Crippen molar-refractivity contribution < 1.29 is 9.53 Å². The van der Waals surface area contributed by atoms with E-state index in [2.05, 4.69) is 5.32 Å². The Bertz CT molecular complexity index is 432. The Labute approximate surface area is 119 Å². The van der Waals surface area contributed by atoms with Gasteiger partial charge in [-0.05, 0) is 18.9 Å². The van der Waals surface area contributed by atoms with E-state index in [0.29, 0.717) is 18.0 Å². The third-order valence-corrected chi connectivity index (χ3v) is 3.00. The highest BCUT2D eigenvalue weighted by Gasteiger charge is 2.08. The van der Waals surface area contributed by atoms with Gasteiger partial charge in [0.05, 0.1) is 6.42 Å². The average Bonchev–Trinajstić information content (AvgIpc) is 2.36. The van der Waals surface area contributed by atoms with Crippen molar-refractivity contribution in [2.45, 2.75) is 25.8 Å². The molecule has 0 aromatic heterocycles. The van der Waals surface area contributed by atoms with Crippen LogP contribution in [0.25, 0.3) is 0 Å². The fourth-order valence-electron chi connectivity index (χ4n) is 1.66. The molecular weight excluding hydrogens is 260 g/mol. The lowest BCUT2D eigenvalue weighted by Crippen LogP contribution is -2.34. The van der Waals surface area contributed by atoms with Gasteiger partial charge in [-0.2, -0.15) is 0 Å². The smallest absolute Gasteiger partial charge is 0.224 e. The van der Waals surface area contributed by atoms with Crippen molar-refractivity contribution in [3.8, 4) is 0 Å². The fourth-order valence-corrected chi connectivity index (χ4v) is 1.80. The molecule has 0 aliphatic heterocycles. The lowest BCUT2D eigenvalue weighted by atomic mass is 10.1. The molecule has 0 bridgehead atoms. The summed E-state index contributed by atoms with van der Waals surface area (Å²) in [7, 11) is 1.65. The number of hydrogen-bond donors (Lipinski definition) is 2. The quantitative estimate of drug-likeness (QED) is 0.741. The molecule has 0 fully saturated rings. The van der Waals surface area contributed by atoms with Gasteiger partial charge in [0, 0.05) is 25.3 Å². The molecule has 0 aliphatic carbocycles. The molecular formula is C14H20N2O2S. The van der Waals surface area contributed by atoms with Crippen LogP contribution in [-0.4, -0.2) is 30.7 Å². The Morgan fingerprint density at radius 1 is 1.42 bits per heavy atom. The highest BCUT2D eigenvalue weighted by molar-refractivity contribution is 7.80. The van der Waals surface area contributed by atoms with Crippen LogP contribution in [0.3, 0.4) is 0 Å². The largest absolute Gasteiger partial charge is 0.389 e. The molecule has 0 radical (unpaired) electrons. The van der Waals surface area contributed by atoms with Gasteiger partial charge in [-0.1, -0.05) is 36.5 Å². The summed E-state index contributed by atoms with van der Waals surface area (Å²) in [6.07, 6.45) is 1.16. The van der Waals surface area contributed by atoms with Gasteiger partial charge >= 0.3 is 0 Å². The number of rotatable bonds is 7. The van der Waals surface area contributed by atoms with Crippen LogP contribution in [0.4, 0.5) is 0 Å². The van der Waals surface area contributed by atoms with Crippen molar-refractivity contribution in [1.29, 1.82) is 0 Å². The zero-order valence-electron chi connectivity index (χ0n) is 11.3. The van der Waals surface area contributed by atoms with E-state index in [0.717, 1.165) is 17.5 Å². The molecule has 0 saturated carbocycles. The maximum absolute atomic E-state index is 11.8. The standard InChI is InChI=1S/C14H20N2O2S/c1-10(7-8-18-2)16-13(17)9-11-3-5-12(6-4-11)14(15)19/h3-6,10H,7-9H2,1-2H3,(H2,15,19)(H,16,17). The SMILES string of the molecule is COCCC(C)NC(=O)Cc1ccc(C(N)=S)cc1. The molecule has 1 unspecified atom stereocenters. The molecule has 1 aromatic rings. The van der Waals surface area contributed by atoms with E-state index in [1.54, 1.807) is 7.11 Å². The third-order valence-electron chi connectivity index (χ3n) is 2.77. The molecule has 0 aliphatic rings. The van der Waals surface area contributed by atoms with Crippen molar-refractivity contribution in [1.82, 2.24) is 5.32 Å². The second-order valence-electron chi connectivity index (χ2n) is 4.49. The van der Waals surface area contributed by atoms with Crippen LogP contribution in [-0.2, 0) is 16.0 Å². The summed E-state index contributed by atoms with van der Waals surface area (Å²) in [6.45, 7) is 2.61. The number of methoxy groups -OCH3 is 1. The number of carbonyl (C=O) groups excluding carboxylic acids is 1. The number of nitrogens with two attached hydrogens (primary N) is 1. The van der Waals surface area contributed by atoms with Crippen molar-refractivity contribution in [3.63, 3.8) is 0 Å². The molecule has 1 aromatic carbocycles. The van der Waals surface area contributed by atoms with Crippen LogP contribution >= 0.6 is 12.2 Å². The van der Waals surface area contributed by atoms with Gasteiger partial charge in [0.25, 0.3) is 0 Å².